The Labute approximate surface area is 660 Å². The van der Waals surface area contributed by atoms with Crippen LogP contribution in [0.3, 0.4) is 0 Å². The van der Waals surface area contributed by atoms with Gasteiger partial charge in [0.15, 0.2) is 23.8 Å². The van der Waals surface area contributed by atoms with Crippen LogP contribution >= 0.6 is 32.9 Å². The van der Waals surface area contributed by atoms with Crippen LogP contribution in [0.15, 0.2) is 72.1 Å². The van der Waals surface area contributed by atoms with Crippen LogP contribution in [0.2, 0.25) is 0 Å². The number of guanidine groups is 4. The SMILES string of the molecule is CC(=O)N[C@H]1CSSC[C@@H](C(=O)N[C@H](C(=O)N[C@@H](CCCNC(=N)N)C(=O)N[C@H](C(=O)O)C(C)(C)C)[C@@H](C)O)NC(=O)[C@@H]2CCCCN2C(=O)[C@H](Cc2csc3ccccc23)NC(=O)[C@H](Cc2ccc3ccccc3c2)NC(=O)[C@H](CCCNC(=N)N)NC(=O)[C@H](CCCNC(=N)N)NC(=O)[C@@H](CCCNC(=N)N)NC1=O. The molecule has 2 saturated heterocycles. The van der Waals surface area contributed by atoms with E-state index >= 15 is 28.8 Å². The number of carbonyl (C=O) groups excluding carboxylic acids is 11. The Morgan fingerprint density at radius 2 is 1.12 bits per heavy atom. The number of piperidine rings is 1. The summed E-state index contributed by atoms with van der Waals surface area (Å²) in [5.74, 6) is -13.7. The highest BCUT2D eigenvalue weighted by molar-refractivity contribution is 8.76. The van der Waals surface area contributed by atoms with Crippen LogP contribution in [0.4, 0.5) is 0 Å². The van der Waals surface area contributed by atoms with Crippen molar-refractivity contribution in [2.24, 2.45) is 28.3 Å². The van der Waals surface area contributed by atoms with Gasteiger partial charge in [0, 0.05) is 68.7 Å². The summed E-state index contributed by atoms with van der Waals surface area (Å²) in [4.78, 5) is 177. The molecule has 2 aliphatic rings. The summed E-state index contributed by atoms with van der Waals surface area (Å²) >= 11 is 1.39. The predicted molar refractivity (Wildman–Crippen MR) is 428 cm³/mol. The van der Waals surface area contributed by atoms with Crippen molar-refractivity contribution in [3.63, 3.8) is 0 Å². The molecule has 2 fully saturated rings. The molecule has 0 aliphatic carbocycles. The standard InChI is InChI=1S/C72H107N23O14S3/c1-38(96)55(65(106)89-48(22-15-30-84-71(79)80)60(101)94-56(67(108)109)72(3,4)5)93-63(104)52-37-112-111-36-51(85-39(2)97)62(103)88-46(20-13-28-82-69(75)76)58(99)86-45(19-12-27-81-68(73)74)57(98)87-47(21-14-29-83-70(77)78)59(100)90-49(33-40-25-26-41-16-6-7-17-42(41)32-40)61(102)91-50(34-43-35-110-54-24-9-8-18-44(43)54)66(107)95-31-11-10-23-53(95)64(105)92-52/h6-9,16-18,24-26,32,35,38,45-53,55-56,96H,10-15,19-23,27-31,33-34,36-37H2,1-5H3,(H,85,97)(H,86,99)(H,87,98)(H,88,103)(H,89,106)(H,90,100)(H,91,102)(H,92,105)(H,93,104)(H,94,101)(H,108,109)(H4,73,74,81)(H4,75,76,82)(H4,77,78,83)(H4,79,80,84)/t38-,45+,46-,47+,48+,49+,50+,51+,52+,53+,55+,56-/m1/s1. The third-order valence-corrected chi connectivity index (χ3v) is 21.8. The first kappa shape index (κ1) is 90.1. The molecule has 112 heavy (non-hydrogen) atoms. The molecule has 12 atom stereocenters. The molecule has 6 rings (SSSR count). The molecule has 3 heterocycles. The first-order valence-electron chi connectivity index (χ1n) is 36.8. The maximum absolute atomic E-state index is 15.9. The Balaban J connectivity index is 1.49. The van der Waals surface area contributed by atoms with Crippen molar-refractivity contribution >= 4 is 149 Å². The molecule has 11 amide bonds. The summed E-state index contributed by atoms with van der Waals surface area (Å²) in [5, 5.41) is 93.9. The highest BCUT2D eigenvalue weighted by atomic mass is 33.1. The monoisotopic (exact) mass is 1610 g/mol. The second-order valence-corrected chi connectivity index (χ2v) is 31.9. The molecule has 4 aromatic rings. The zero-order chi connectivity index (χ0) is 82.4. The van der Waals surface area contributed by atoms with Crippen LogP contribution in [-0.4, -0.2) is 227 Å². The lowest BCUT2D eigenvalue weighted by Crippen LogP contribution is -2.63. The average Bonchev–Trinajstić information content (AvgIpc) is 1.38. The van der Waals surface area contributed by atoms with Crippen LogP contribution in [0.1, 0.15) is 116 Å². The van der Waals surface area contributed by atoms with E-state index in [1.165, 1.54) is 16.2 Å². The molecule has 2 aliphatic heterocycles. The van der Waals surface area contributed by atoms with Crippen molar-refractivity contribution in [2.75, 3.05) is 44.2 Å². The van der Waals surface area contributed by atoms with Crippen LogP contribution < -0.4 is 97.4 Å². The summed E-state index contributed by atoms with van der Waals surface area (Å²) < 4.78 is 0.849. The van der Waals surface area contributed by atoms with Gasteiger partial charge in [-0.1, -0.05) is 103 Å². The van der Waals surface area contributed by atoms with Crippen molar-refractivity contribution in [2.45, 2.75) is 191 Å². The maximum Gasteiger partial charge on any atom is 0.326 e. The smallest absolute Gasteiger partial charge is 0.326 e. The van der Waals surface area contributed by atoms with Gasteiger partial charge >= 0.3 is 5.97 Å². The van der Waals surface area contributed by atoms with Crippen molar-refractivity contribution in [1.82, 2.24) is 79.3 Å². The fraction of sp³-hybridized carbons (Fsp3) is 0.528. The fourth-order valence-electron chi connectivity index (χ4n) is 12.6. The Morgan fingerprint density at radius 3 is 1.67 bits per heavy atom. The summed E-state index contributed by atoms with van der Waals surface area (Å²) in [6.45, 7) is 7.07. The minimum Gasteiger partial charge on any atom is -0.480 e. The summed E-state index contributed by atoms with van der Waals surface area (Å²) in [5.41, 5.74) is 22.5. The number of amides is 11. The number of nitrogens with zero attached hydrogens (tertiary/aromatic N) is 1. The number of aliphatic hydroxyl groups is 1. The fourth-order valence-corrected chi connectivity index (χ4v) is 15.9. The van der Waals surface area contributed by atoms with Gasteiger partial charge in [-0.05, 0) is 122 Å². The minimum atomic E-state index is -1.90. The number of fused-ring (bicyclic) bond motifs is 3. The third kappa shape index (κ3) is 29.2. The highest BCUT2D eigenvalue weighted by Gasteiger charge is 2.42. The minimum absolute atomic E-state index is 0.0174. The Kier molecular flexibility index (Phi) is 35.7. The van der Waals surface area contributed by atoms with Crippen molar-refractivity contribution in [3.05, 3.63) is 83.2 Å². The number of aliphatic hydroxyl groups excluding tert-OH is 1. The van der Waals surface area contributed by atoms with Crippen LogP contribution in [0, 0.1) is 27.1 Å². The van der Waals surface area contributed by atoms with E-state index in [0.29, 0.717) is 24.0 Å². The van der Waals surface area contributed by atoms with Gasteiger partial charge in [-0.25, -0.2) is 4.79 Å². The van der Waals surface area contributed by atoms with Gasteiger partial charge in [0.25, 0.3) is 0 Å². The van der Waals surface area contributed by atoms with Gasteiger partial charge < -0.3 is 112 Å². The lowest BCUT2D eigenvalue weighted by Gasteiger charge is -2.38. The average molecular weight is 1610 g/mol. The van der Waals surface area contributed by atoms with Crippen molar-refractivity contribution in [1.29, 1.82) is 21.6 Å². The molecule has 0 radical (unpaired) electrons. The first-order chi connectivity index (χ1) is 53.1. The Hall–Kier alpha value is -10.7. The molecule has 3 aromatic carbocycles. The van der Waals surface area contributed by atoms with E-state index in [1.807, 2.05) is 66.0 Å². The Morgan fingerprint density at radius 1 is 0.598 bits per heavy atom. The van der Waals surface area contributed by atoms with Crippen LogP contribution in [0.25, 0.3) is 20.9 Å². The summed E-state index contributed by atoms with van der Waals surface area (Å²) in [7, 11) is 1.80. The molecule has 0 saturated carbocycles. The largest absolute Gasteiger partial charge is 0.480 e. The van der Waals surface area contributed by atoms with E-state index in [1.54, 1.807) is 26.8 Å². The predicted octanol–water partition coefficient (Wildman–Crippen LogP) is -1.95. The molecule has 28 N–H and O–H groups in total. The van der Waals surface area contributed by atoms with Gasteiger partial charge in [0.2, 0.25) is 65.0 Å². The van der Waals surface area contributed by atoms with E-state index < -0.39 is 179 Å². The molecule has 612 valence electrons. The molecular weight excluding hydrogens is 1510 g/mol. The first-order valence-corrected chi connectivity index (χ1v) is 40.2. The van der Waals surface area contributed by atoms with Crippen LogP contribution in [0.5, 0.6) is 0 Å². The third-order valence-electron chi connectivity index (χ3n) is 18.4. The van der Waals surface area contributed by atoms with Crippen LogP contribution in [-0.2, 0) is 70.4 Å². The number of nitrogens with one attached hydrogen (secondary N) is 18. The number of benzene rings is 3. The van der Waals surface area contributed by atoms with E-state index in [2.05, 4.69) is 74.4 Å². The topological polar surface area (TPSA) is 616 Å². The number of thiophene rings is 1. The lowest BCUT2D eigenvalue weighted by atomic mass is 9.86. The van der Waals surface area contributed by atoms with Gasteiger partial charge in [0.05, 0.1) is 6.10 Å². The van der Waals surface area contributed by atoms with Gasteiger partial charge in [-0.2, -0.15) is 0 Å². The maximum atomic E-state index is 15.9. The normalized spacial score (nSPS) is 21.2. The number of hydrogen-bond donors (Lipinski definition) is 24. The zero-order valence-electron chi connectivity index (χ0n) is 63.3. The van der Waals surface area contributed by atoms with Crippen molar-refractivity contribution in [3.8, 4) is 0 Å². The summed E-state index contributed by atoms with van der Waals surface area (Å²) in [6.07, 6.45) is -1.70. The Bertz CT molecular complexity index is 4030. The molecular formula is C72H107N23O14S3. The quantitative estimate of drug-likeness (QED) is 0.0122. The number of rotatable bonds is 29. The lowest BCUT2D eigenvalue weighted by molar-refractivity contribution is -0.146. The van der Waals surface area contributed by atoms with E-state index in [-0.39, 0.29) is 109 Å². The number of carbonyl (C=O) groups is 12. The second-order valence-electron chi connectivity index (χ2n) is 28.4. The molecule has 0 spiro atoms. The van der Waals surface area contributed by atoms with E-state index in [0.717, 1.165) is 56.3 Å². The molecule has 0 bridgehead atoms. The molecule has 0 unspecified atom stereocenters. The molecule has 37 nitrogen and oxygen atoms in total. The highest BCUT2D eigenvalue weighted by Crippen LogP contribution is 2.30. The summed E-state index contributed by atoms with van der Waals surface area (Å²) in [6, 6.07) is 3.32. The number of aliphatic carboxylic acids is 1. The van der Waals surface area contributed by atoms with E-state index in [9.17, 15) is 39.0 Å². The van der Waals surface area contributed by atoms with Gasteiger partial charge in [-0.3, -0.25) is 74.4 Å². The number of hydrogen-bond acceptors (Lipinski definition) is 20. The number of carboxylic acids is 1. The molecule has 40 heteroatoms. The second kappa shape index (κ2) is 44.3. The van der Waals surface area contributed by atoms with E-state index in [4.69, 9.17) is 44.6 Å². The number of nitrogens with two attached hydrogens (primary N) is 4. The molecule has 1 aromatic heterocycles. The zero-order valence-corrected chi connectivity index (χ0v) is 65.7. The number of carboxylic acid groups (broad SMARTS) is 1. The van der Waals surface area contributed by atoms with Gasteiger partial charge in [-0.15, -0.1) is 11.3 Å². The van der Waals surface area contributed by atoms with Crippen molar-refractivity contribution < 1.29 is 67.7 Å². The van der Waals surface area contributed by atoms with Gasteiger partial charge in [0.1, 0.15) is 66.5 Å².